The zero-order chi connectivity index (χ0) is 27.8. The summed E-state index contributed by atoms with van der Waals surface area (Å²) in [5.74, 6) is 0.295. The number of rotatable bonds is 4. The monoisotopic (exact) mass is 560 g/mol. The quantitative estimate of drug-likeness (QED) is 0.411. The molecule has 2 amide bonds. The molecule has 4 aliphatic rings. The van der Waals surface area contributed by atoms with Gasteiger partial charge in [0, 0.05) is 49.4 Å². The average molecular weight is 561 g/mol. The van der Waals surface area contributed by atoms with Gasteiger partial charge in [0.2, 0.25) is 11.8 Å². The average Bonchev–Trinajstić information content (AvgIpc) is 3.64. The summed E-state index contributed by atoms with van der Waals surface area (Å²) < 4.78 is 2.04. The number of pyridine rings is 1. The number of fused-ring (bicyclic) bond motifs is 3. The summed E-state index contributed by atoms with van der Waals surface area (Å²) in [5.41, 5.74) is 4.91. The first-order valence-electron chi connectivity index (χ1n) is 14.8. The fourth-order valence-corrected chi connectivity index (χ4v) is 7.81. The van der Waals surface area contributed by atoms with Crippen LogP contribution in [0, 0.1) is 0 Å². The Morgan fingerprint density at radius 1 is 1.05 bits per heavy atom. The lowest BCUT2D eigenvalue weighted by Gasteiger charge is -2.46. The van der Waals surface area contributed by atoms with Gasteiger partial charge >= 0.3 is 0 Å². The van der Waals surface area contributed by atoms with Crippen molar-refractivity contribution in [2.45, 2.75) is 82.8 Å². The van der Waals surface area contributed by atoms with Crippen LogP contribution in [0.4, 0.5) is 5.69 Å². The van der Waals surface area contributed by atoms with Crippen molar-refractivity contribution in [1.82, 2.24) is 24.3 Å². The van der Waals surface area contributed by atoms with Gasteiger partial charge in [-0.3, -0.25) is 9.59 Å². The number of amides is 2. The molecule has 1 aliphatic carbocycles. The highest BCUT2D eigenvalue weighted by molar-refractivity contribution is 6.34. The van der Waals surface area contributed by atoms with Crippen molar-refractivity contribution in [2.75, 3.05) is 31.1 Å². The van der Waals surface area contributed by atoms with E-state index >= 15 is 0 Å². The van der Waals surface area contributed by atoms with Gasteiger partial charge in [0.05, 0.1) is 23.0 Å². The Morgan fingerprint density at radius 3 is 2.45 bits per heavy atom. The smallest absolute Gasteiger partial charge is 0.238 e. The zero-order valence-electron chi connectivity index (χ0n) is 23.6. The molecule has 1 spiro atoms. The lowest BCUT2D eigenvalue weighted by molar-refractivity contribution is -0.134. The number of anilines is 1. The number of carbonyl (C=O) groups is 2. The number of halogens is 1. The second kappa shape index (κ2) is 9.55. The Bertz CT molecular complexity index is 1490. The van der Waals surface area contributed by atoms with E-state index in [1.807, 2.05) is 21.9 Å². The lowest BCUT2D eigenvalue weighted by Crippen LogP contribution is -2.57. The van der Waals surface area contributed by atoms with Crippen LogP contribution in [0.15, 0.2) is 30.6 Å². The number of hydrogen-bond donors (Lipinski definition) is 0. The molecule has 3 fully saturated rings. The van der Waals surface area contributed by atoms with Crippen molar-refractivity contribution in [3.63, 3.8) is 0 Å². The number of benzene rings is 1. The molecule has 2 aromatic heterocycles. The summed E-state index contributed by atoms with van der Waals surface area (Å²) in [4.78, 5) is 42.4. The van der Waals surface area contributed by atoms with Gasteiger partial charge in [0.15, 0.2) is 5.15 Å². The van der Waals surface area contributed by atoms with Crippen LogP contribution < -0.4 is 4.90 Å². The van der Waals surface area contributed by atoms with Gasteiger partial charge in [-0.1, -0.05) is 23.7 Å². The van der Waals surface area contributed by atoms with Crippen molar-refractivity contribution < 1.29 is 9.59 Å². The molecule has 3 aliphatic heterocycles. The van der Waals surface area contributed by atoms with Gasteiger partial charge in [-0.2, -0.15) is 0 Å². The van der Waals surface area contributed by atoms with Crippen molar-refractivity contribution in [1.29, 1.82) is 0 Å². The molecule has 210 valence electrons. The lowest BCUT2D eigenvalue weighted by atomic mass is 9.73. The molecule has 3 aromatic rings. The number of piperidine rings is 1. The Hall–Kier alpha value is -2.97. The van der Waals surface area contributed by atoms with Gasteiger partial charge in [-0.05, 0) is 83.2 Å². The third-order valence-electron chi connectivity index (χ3n) is 9.94. The first-order valence-corrected chi connectivity index (χ1v) is 15.2. The molecule has 9 heteroatoms. The Kier molecular flexibility index (Phi) is 6.20. The maximum atomic E-state index is 14.4. The number of carbonyl (C=O) groups excluding carboxylic acids is 2. The molecule has 1 saturated carbocycles. The molecule has 0 radical (unpaired) electrons. The predicted octanol–water partition coefficient (Wildman–Crippen LogP) is 5.19. The first-order chi connectivity index (χ1) is 19.3. The van der Waals surface area contributed by atoms with E-state index < -0.39 is 5.41 Å². The van der Waals surface area contributed by atoms with Crippen LogP contribution in [0.3, 0.4) is 0 Å². The molecule has 0 bridgehead atoms. The molecular weight excluding hydrogens is 524 g/mol. The molecule has 0 N–H and O–H groups in total. The van der Waals surface area contributed by atoms with E-state index in [0.29, 0.717) is 37.1 Å². The Morgan fingerprint density at radius 2 is 1.77 bits per heavy atom. The number of nitrogens with zero attached hydrogens (tertiary/aromatic N) is 6. The van der Waals surface area contributed by atoms with E-state index in [1.165, 1.54) is 25.9 Å². The first kappa shape index (κ1) is 26.0. The number of likely N-dealkylation sites (tertiary alicyclic amines) is 2. The molecule has 0 atom stereocenters. The van der Waals surface area contributed by atoms with Crippen LogP contribution >= 0.6 is 11.6 Å². The largest absolute Gasteiger partial charge is 0.343 e. The number of imidazole rings is 1. The topological polar surface area (TPSA) is 74.6 Å². The van der Waals surface area contributed by atoms with Crippen molar-refractivity contribution in [3.05, 3.63) is 41.3 Å². The third-order valence-corrected chi connectivity index (χ3v) is 10.2. The molecule has 2 saturated heterocycles. The van der Waals surface area contributed by atoms with Gasteiger partial charge < -0.3 is 19.3 Å². The van der Waals surface area contributed by atoms with E-state index in [-0.39, 0.29) is 23.9 Å². The predicted molar refractivity (Wildman–Crippen MR) is 157 cm³/mol. The number of hydrogen-bond acceptors (Lipinski definition) is 5. The summed E-state index contributed by atoms with van der Waals surface area (Å²) >= 11 is 6.71. The van der Waals surface area contributed by atoms with Crippen LogP contribution in [0.5, 0.6) is 0 Å². The van der Waals surface area contributed by atoms with E-state index in [1.54, 1.807) is 6.92 Å². The number of aromatic nitrogens is 3. The fourth-order valence-electron chi connectivity index (χ4n) is 7.53. The fraction of sp³-hybridized carbons (Fsp3) is 0.548. The highest BCUT2D eigenvalue weighted by atomic mass is 35.5. The highest BCUT2D eigenvalue weighted by Gasteiger charge is 2.55. The van der Waals surface area contributed by atoms with E-state index in [9.17, 15) is 9.59 Å². The van der Waals surface area contributed by atoms with Crippen LogP contribution in [0.1, 0.15) is 70.9 Å². The zero-order valence-corrected chi connectivity index (χ0v) is 24.3. The minimum absolute atomic E-state index is 0.0819. The minimum Gasteiger partial charge on any atom is -0.343 e. The standard InChI is InChI=1S/C31H37ClN6O2/c1-19(2)37-18-33-26-17-25(34-29(32)28(26)37)21-6-7-24-27(14-21)38(23-15-22(16-23)36-10-4-5-11-36)30(40)31(24)8-12-35(13-9-31)20(3)39/h6-7,14,17-19,22-23H,4-5,8-13,15-16H2,1-3H3. The van der Waals surface area contributed by atoms with E-state index in [2.05, 4.69) is 46.8 Å². The van der Waals surface area contributed by atoms with Crippen molar-refractivity contribution in [3.8, 4) is 11.3 Å². The molecular formula is C31H37ClN6O2. The maximum Gasteiger partial charge on any atom is 0.238 e. The van der Waals surface area contributed by atoms with Crippen LogP contribution in [0.2, 0.25) is 5.15 Å². The van der Waals surface area contributed by atoms with E-state index in [4.69, 9.17) is 16.6 Å². The summed E-state index contributed by atoms with van der Waals surface area (Å²) in [5, 5.41) is 0.438. The molecule has 7 rings (SSSR count). The van der Waals surface area contributed by atoms with Crippen LogP contribution in [0.25, 0.3) is 22.3 Å². The van der Waals surface area contributed by atoms with Gasteiger partial charge in [0.1, 0.15) is 5.52 Å². The molecule has 1 aromatic carbocycles. The molecule has 0 unspecified atom stereocenters. The van der Waals surface area contributed by atoms with Crippen LogP contribution in [-0.2, 0) is 15.0 Å². The normalized spacial score (nSPS) is 24.4. The molecule has 40 heavy (non-hydrogen) atoms. The second-order valence-electron chi connectivity index (χ2n) is 12.4. The summed E-state index contributed by atoms with van der Waals surface area (Å²) in [7, 11) is 0. The van der Waals surface area contributed by atoms with Gasteiger partial charge in [0.25, 0.3) is 0 Å². The summed E-state index contributed by atoms with van der Waals surface area (Å²) in [6, 6.07) is 9.36. The van der Waals surface area contributed by atoms with Gasteiger partial charge in [-0.25, -0.2) is 9.97 Å². The van der Waals surface area contributed by atoms with Crippen molar-refractivity contribution in [2.24, 2.45) is 0 Å². The Balaban J connectivity index is 1.27. The summed E-state index contributed by atoms with van der Waals surface area (Å²) in [6.07, 6.45) is 7.75. The van der Waals surface area contributed by atoms with Gasteiger partial charge in [-0.15, -0.1) is 0 Å². The molecule has 5 heterocycles. The Labute approximate surface area is 240 Å². The molecule has 8 nitrogen and oxygen atoms in total. The van der Waals surface area contributed by atoms with Crippen LogP contribution in [-0.4, -0.2) is 74.4 Å². The van der Waals surface area contributed by atoms with E-state index in [0.717, 1.165) is 46.4 Å². The third kappa shape index (κ3) is 3.90. The highest BCUT2D eigenvalue weighted by Crippen LogP contribution is 2.52. The summed E-state index contributed by atoms with van der Waals surface area (Å²) in [6.45, 7) is 9.41. The maximum absolute atomic E-state index is 14.4. The second-order valence-corrected chi connectivity index (χ2v) is 12.8. The van der Waals surface area contributed by atoms with Crippen molar-refractivity contribution >= 4 is 40.1 Å². The SMILES string of the molecule is CC(=O)N1CCC2(CC1)C(=O)N(C1CC(N3CCCC3)C1)c1cc(-c3cc4ncn(C(C)C)c4c(Cl)n3)ccc12. The minimum atomic E-state index is -0.566.